The Bertz CT molecular complexity index is 1150. The fourth-order valence-electron chi connectivity index (χ4n) is 3.62. The molecule has 4 rings (SSSR count). The third-order valence-electron chi connectivity index (χ3n) is 5.18. The summed E-state index contributed by atoms with van der Waals surface area (Å²) < 4.78 is 24.7. The monoisotopic (exact) mass is 423 g/mol. The van der Waals surface area contributed by atoms with Crippen molar-refractivity contribution in [1.82, 2.24) is 24.8 Å². The molecule has 1 fully saturated rings. The molecule has 1 aliphatic rings. The zero-order chi connectivity index (χ0) is 21.1. The maximum absolute atomic E-state index is 12.7. The Morgan fingerprint density at radius 2 is 1.73 bits per heavy atom. The van der Waals surface area contributed by atoms with E-state index in [0.717, 1.165) is 5.56 Å². The zero-order valence-corrected chi connectivity index (χ0v) is 17.3. The van der Waals surface area contributed by atoms with E-state index in [9.17, 15) is 13.2 Å². The topological polar surface area (TPSA) is 106 Å². The highest BCUT2D eigenvalue weighted by molar-refractivity contribution is 7.90. The number of amides is 1. The van der Waals surface area contributed by atoms with E-state index < -0.39 is 9.84 Å². The molecule has 3 aromatic heterocycles. The second kappa shape index (κ2) is 8.27. The summed E-state index contributed by atoms with van der Waals surface area (Å²) in [4.78, 5) is 31.5. The number of carbonyl (C=O) groups is 1. The van der Waals surface area contributed by atoms with Crippen molar-refractivity contribution in [2.24, 2.45) is 0 Å². The Balaban J connectivity index is 1.60. The molecule has 0 saturated carbocycles. The van der Waals surface area contributed by atoms with Gasteiger partial charge in [0.2, 0.25) is 0 Å². The van der Waals surface area contributed by atoms with Crippen molar-refractivity contribution in [3.8, 4) is 11.4 Å². The Morgan fingerprint density at radius 1 is 1.03 bits per heavy atom. The van der Waals surface area contributed by atoms with Crippen LogP contribution in [0.5, 0.6) is 0 Å². The summed E-state index contributed by atoms with van der Waals surface area (Å²) in [5, 5.41) is 0. The molecule has 9 heteroatoms. The smallest absolute Gasteiger partial charge is 0.255 e. The minimum absolute atomic E-state index is 0.0661. The first-order valence-corrected chi connectivity index (χ1v) is 11.5. The highest BCUT2D eigenvalue weighted by atomic mass is 32.2. The zero-order valence-electron chi connectivity index (χ0n) is 16.5. The molecule has 4 heterocycles. The van der Waals surface area contributed by atoms with Crippen LogP contribution in [0.4, 0.5) is 0 Å². The van der Waals surface area contributed by atoms with Crippen molar-refractivity contribution in [3.63, 3.8) is 0 Å². The van der Waals surface area contributed by atoms with Gasteiger partial charge in [-0.2, -0.15) is 0 Å². The third-order valence-corrected chi connectivity index (χ3v) is 6.29. The van der Waals surface area contributed by atoms with E-state index in [0.29, 0.717) is 43.0 Å². The van der Waals surface area contributed by atoms with Gasteiger partial charge in [-0.3, -0.25) is 14.8 Å². The number of nitrogens with zero attached hydrogens (tertiary/aromatic N) is 5. The van der Waals surface area contributed by atoms with E-state index in [4.69, 9.17) is 0 Å². The maximum atomic E-state index is 12.7. The van der Waals surface area contributed by atoms with E-state index in [1.165, 1.54) is 12.5 Å². The number of rotatable bonds is 4. The fourth-order valence-corrected chi connectivity index (χ4v) is 4.46. The number of pyridine rings is 2. The molecule has 0 bridgehead atoms. The van der Waals surface area contributed by atoms with Crippen LogP contribution >= 0.6 is 0 Å². The van der Waals surface area contributed by atoms with E-state index in [2.05, 4.69) is 19.9 Å². The Hall–Kier alpha value is -3.20. The van der Waals surface area contributed by atoms with Crippen LogP contribution in [-0.2, 0) is 9.84 Å². The van der Waals surface area contributed by atoms with Gasteiger partial charge in [0.25, 0.3) is 5.91 Å². The van der Waals surface area contributed by atoms with Crippen molar-refractivity contribution < 1.29 is 13.2 Å². The molecule has 0 atom stereocenters. The van der Waals surface area contributed by atoms with Gasteiger partial charge in [-0.1, -0.05) is 0 Å². The van der Waals surface area contributed by atoms with Crippen molar-refractivity contribution in [2.75, 3.05) is 19.3 Å². The van der Waals surface area contributed by atoms with Crippen LogP contribution in [0, 0.1) is 0 Å². The minimum Gasteiger partial charge on any atom is -0.339 e. The molecule has 8 nitrogen and oxygen atoms in total. The molecule has 0 N–H and O–H groups in total. The quantitative estimate of drug-likeness (QED) is 0.634. The first kappa shape index (κ1) is 20.1. The third kappa shape index (κ3) is 4.20. The van der Waals surface area contributed by atoms with Gasteiger partial charge >= 0.3 is 0 Å². The largest absolute Gasteiger partial charge is 0.339 e. The highest BCUT2D eigenvalue weighted by Crippen LogP contribution is 2.32. The predicted molar refractivity (Wildman–Crippen MR) is 110 cm³/mol. The normalized spacial score (nSPS) is 15.2. The molecule has 0 radical (unpaired) electrons. The Labute approximate surface area is 175 Å². The lowest BCUT2D eigenvalue weighted by atomic mass is 9.92. The van der Waals surface area contributed by atoms with Gasteiger partial charge in [0.15, 0.2) is 15.7 Å². The van der Waals surface area contributed by atoms with Crippen LogP contribution in [0.3, 0.4) is 0 Å². The van der Waals surface area contributed by atoms with Crippen LogP contribution in [0.25, 0.3) is 11.4 Å². The van der Waals surface area contributed by atoms with Gasteiger partial charge in [0, 0.05) is 61.8 Å². The van der Waals surface area contributed by atoms with Crippen LogP contribution < -0.4 is 0 Å². The summed E-state index contributed by atoms with van der Waals surface area (Å²) in [7, 11) is -3.48. The number of hydrogen-bond acceptors (Lipinski definition) is 7. The number of aromatic nitrogens is 4. The molecular formula is C21H21N5O3S. The summed E-state index contributed by atoms with van der Waals surface area (Å²) in [5.74, 6) is 0.300. The average molecular weight is 423 g/mol. The van der Waals surface area contributed by atoms with Crippen molar-refractivity contribution >= 4 is 15.7 Å². The fraction of sp³-hybridized carbons (Fsp3) is 0.286. The summed E-state index contributed by atoms with van der Waals surface area (Å²) in [6.07, 6.45) is 10.3. The second-order valence-electron chi connectivity index (χ2n) is 7.27. The van der Waals surface area contributed by atoms with Gasteiger partial charge in [-0.25, -0.2) is 18.4 Å². The van der Waals surface area contributed by atoms with Gasteiger partial charge in [-0.15, -0.1) is 0 Å². The number of sulfone groups is 1. The number of piperidine rings is 1. The van der Waals surface area contributed by atoms with Crippen LogP contribution in [0.15, 0.2) is 60.1 Å². The minimum atomic E-state index is -3.48. The number of likely N-dealkylation sites (tertiary alicyclic amines) is 1. The van der Waals surface area contributed by atoms with Crippen LogP contribution in [0.1, 0.15) is 34.8 Å². The SMILES string of the molecule is CS(=O)(=O)c1cnc(-c2cccnc2)nc1C1CCN(C(=O)c2cccnc2)CC1. The van der Waals surface area contributed by atoms with E-state index in [-0.39, 0.29) is 16.7 Å². The molecule has 0 aromatic carbocycles. The lowest BCUT2D eigenvalue weighted by molar-refractivity contribution is 0.0711. The summed E-state index contributed by atoms with van der Waals surface area (Å²) in [5.41, 5.74) is 1.79. The predicted octanol–water partition coefficient (Wildman–Crippen LogP) is 2.36. The molecule has 0 spiro atoms. The molecule has 1 saturated heterocycles. The van der Waals surface area contributed by atoms with Crippen molar-refractivity contribution in [2.45, 2.75) is 23.7 Å². The van der Waals surface area contributed by atoms with Gasteiger partial charge in [0.05, 0.1) is 11.3 Å². The standard InChI is InChI=1S/C21H21N5O3S/c1-30(28,29)18-14-24-20(16-4-2-8-22-12-16)25-19(18)15-6-10-26(11-7-15)21(27)17-5-3-9-23-13-17/h2-5,8-9,12-15H,6-7,10-11H2,1H3. The van der Waals surface area contributed by atoms with Crippen molar-refractivity contribution in [3.05, 3.63) is 66.5 Å². The van der Waals surface area contributed by atoms with Gasteiger partial charge in [0.1, 0.15) is 4.90 Å². The lowest BCUT2D eigenvalue weighted by Crippen LogP contribution is -2.38. The average Bonchev–Trinajstić information content (AvgIpc) is 2.79. The maximum Gasteiger partial charge on any atom is 0.255 e. The lowest BCUT2D eigenvalue weighted by Gasteiger charge is -2.32. The summed E-state index contributed by atoms with van der Waals surface area (Å²) in [6.45, 7) is 1.04. The molecule has 1 aliphatic heterocycles. The van der Waals surface area contributed by atoms with Gasteiger partial charge in [-0.05, 0) is 37.1 Å². The molecule has 154 valence electrons. The molecular weight excluding hydrogens is 402 g/mol. The van der Waals surface area contributed by atoms with Crippen LogP contribution in [-0.4, -0.2) is 58.5 Å². The van der Waals surface area contributed by atoms with E-state index in [1.807, 2.05) is 6.07 Å². The van der Waals surface area contributed by atoms with Crippen LogP contribution in [0.2, 0.25) is 0 Å². The molecule has 0 aliphatic carbocycles. The highest BCUT2D eigenvalue weighted by Gasteiger charge is 2.29. The summed E-state index contributed by atoms with van der Waals surface area (Å²) >= 11 is 0. The number of hydrogen-bond donors (Lipinski definition) is 0. The molecule has 0 unspecified atom stereocenters. The van der Waals surface area contributed by atoms with Crippen molar-refractivity contribution in [1.29, 1.82) is 0 Å². The molecule has 30 heavy (non-hydrogen) atoms. The van der Waals surface area contributed by atoms with E-state index in [1.54, 1.807) is 47.9 Å². The second-order valence-corrected chi connectivity index (χ2v) is 9.25. The molecule has 1 amide bonds. The van der Waals surface area contributed by atoms with E-state index >= 15 is 0 Å². The number of carbonyl (C=O) groups excluding carboxylic acids is 1. The Morgan fingerprint density at radius 3 is 2.33 bits per heavy atom. The summed E-state index contributed by atoms with van der Waals surface area (Å²) in [6, 6.07) is 7.10. The molecule has 3 aromatic rings. The Kier molecular flexibility index (Phi) is 5.54. The van der Waals surface area contributed by atoms with Gasteiger partial charge < -0.3 is 4.90 Å². The first-order chi connectivity index (χ1) is 14.4. The first-order valence-electron chi connectivity index (χ1n) is 9.60.